The maximum atomic E-state index is 12.4. The number of carbonyl (C=O) groups excluding carboxylic acids is 1. The van der Waals surface area contributed by atoms with E-state index in [1.54, 1.807) is 6.20 Å². The number of ether oxygens (including phenoxy) is 1. The van der Waals surface area contributed by atoms with E-state index in [2.05, 4.69) is 10.3 Å². The summed E-state index contributed by atoms with van der Waals surface area (Å²) in [5, 5.41) is 12.2. The molecule has 1 saturated carbocycles. The summed E-state index contributed by atoms with van der Waals surface area (Å²) in [6.07, 6.45) is 5.55. The molecule has 5 nitrogen and oxygen atoms in total. The zero-order chi connectivity index (χ0) is 14.7. The number of hydrogen-bond donors (Lipinski definition) is 2. The zero-order valence-corrected chi connectivity index (χ0v) is 12.2. The number of aromatic nitrogens is 1. The fourth-order valence-electron chi connectivity index (χ4n) is 2.97. The monoisotopic (exact) mass is 290 g/mol. The third-order valence-electron chi connectivity index (χ3n) is 4.50. The summed E-state index contributed by atoms with van der Waals surface area (Å²) >= 11 is 0. The highest BCUT2D eigenvalue weighted by atomic mass is 16.5. The third kappa shape index (κ3) is 3.24. The van der Waals surface area contributed by atoms with E-state index in [-0.39, 0.29) is 17.9 Å². The first-order valence-electron chi connectivity index (χ1n) is 7.66. The minimum absolute atomic E-state index is 0.0609. The van der Waals surface area contributed by atoms with Crippen LogP contribution < -0.4 is 5.32 Å². The van der Waals surface area contributed by atoms with Crippen molar-refractivity contribution in [2.45, 2.75) is 31.6 Å². The Labute approximate surface area is 124 Å². The average Bonchev–Trinajstić information content (AvgIpc) is 3.26. The Morgan fingerprint density at radius 2 is 2.38 bits per heavy atom. The Morgan fingerprint density at radius 3 is 3.05 bits per heavy atom. The van der Waals surface area contributed by atoms with E-state index in [1.807, 2.05) is 12.1 Å². The number of hydrogen-bond acceptors (Lipinski definition) is 4. The van der Waals surface area contributed by atoms with Gasteiger partial charge in [-0.2, -0.15) is 0 Å². The molecule has 1 aromatic rings. The van der Waals surface area contributed by atoms with Crippen molar-refractivity contribution < 1.29 is 14.6 Å². The van der Waals surface area contributed by atoms with Crippen LogP contribution in [0.25, 0.3) is 0 Å². The van der Waals surface area contributed by atoms with Crippen LogP contribution in [0, 0.1) is 5.41 Å². The molecule has 0 radical (unpaired) electrons. The number of pyridine rings is 1. The standard InChI is InChI=1S/C16H22N2O3/c19-8-5-16(6-9-21-11-16)10-18-15(20)13-2-1-7-17-14(13)12-3-4-12/h1-2,7,12,19H,3-6,8-11H2,(H,18,20)/t16-/m1/s1. The largest absolute Gasteiger partial charge is 0.396 e. The molecule has 114 valence electrons. The van der Waals surface area contributed by atoms with Crippen molar-refractivity contribution >= 4 is 5.91 Å². The maximum absolute atomic E-state index is 12.4. The summed E-state index contributed by atoms with van der Waals surface area (Å²) in [5.74, 6) is 0.391. The Kier molecular flexibility index (Phi) is 4.22. The number of aliphatic hydroxyl groups excluding tert-OH is 1. The number of carbonyl (C=O) groups is 1. The first kappa shape index (κ1) is 14.5. The van der Waals surface area contributed by atoms with Crippen molar-refractivity contribution in [2.24, 2.45) is 5.41 Å². The van der Waals surface area contributed by atoms with Crippen LogP contribution in [-0.2, 0) is 4.74 Å². The molecule has 21 heavy (non-hydrogen) atoms. The molecular formula is C16H22N2O3. The molecule has 2 fully saturated rings. The second kappa shape index (κ2) is 6.12. The molecule has 1 amide bonds. The lowest BCUT2D eigenvalue weighted by molar-refractivity contribution is 0.0888. The Balaban J connectivity index is 1.66. The van der Waals surface area contributed by atoms with Crippen molar-refractivity contribution in [3.63, 3.8) is 0 Å². The summed E-state index contributed by atoms with van der Waals surface area (Å²) in [6, 6.07) is 3.66. The number of nitrogens with one attached hydrogen (secondary N) is 1. The van der Waals surface area contributed by atoms with Gasteiger partial charge in [-0.05, 0) is 37.8 Å². The molecule has 2 aliphatic rings. The van der Waals surface area contributed by atoms with Gasteiger partial charge in [-0.3, -0.25) is 9.78 Å². The highest BCUT2D eigenvalue weighted by Gasteiger charge is 2.35. The van der Waals surface area contributed by atoms with Gasteiger partial charge in [0.2, 0.25) is 0 Å². The molecule has 1 aliphatic heterocycles. The number of rotatable bonds is 6. The summed E-state index contributed by atoms with van der Waals surface area (Å²) in [5.41, 5.74) is 1.50. The predicted octanol–water partition coefficient (Wildman–Crippen LogP) is 1.48. The van der Waals surface area contributed by atoms with E-state index in [0.717, 1.165) is 25.0 Å². The van der Waals surface area contributed by atoms with Gasteiger partial charge < -0.3 is 15.2 Å². The van der Waals surface area contributed by atoms with Crippen LogP contribution in [0.4, 0.5) is 0 Å². The maximum Gasteiger partial charge on any atom is 0.253 e. The van der Waals surface area contributed by atoms with Crippen LogP contribution in [0.2, 0.25) is 0 Å². The smallest absolute Gasteiger partial charge is 0.253 e. The molecule has 5 heteroatoms. The van der Waals surface area contributed by atoms with Crippen LogP contribution in [0.3, 0.4) is 0 Å². The SMILES string of the molecule is O=C(NC[C@@]1(CCO)CCOC1)c1cccnc1C1CC1. The molecular weight excluding hydrogens is 268 g/mol. The van der Waals surface area contributed by atoms with Gasteiger partial charge in [0, 0.05) is 37.3 Å². The lowest BCUT2D eigenvalue weighted by Gasteiger charge is -2.26. The van der Waals surface area contributed by atoms with Crippen LogP contribution in [0.15, 0.2) is 18.3 Å². The fourth-order valence-corrected chi connectivity index (χ4v) is 2.97. The highest BCUT2D eigenvalue weighted by Crippen LogP contribution is 2.40. The van der Waals surface area contributed by atoms with E-state index in [4.69, 9.17) is 4.74 Å². The molecule has 3 rings (SSSR count). The van der Waals surface area contributed by atoms with E-state index in [0.29, 0.717) is 37.7 Å². The predicted molar refractivity (Wildman–Crippen MR) is 78.1 cm³/mol. The summed E-state index contributed by atoms with van der Waals surface area (Å²) < 4.78 is 5.45. The van der Waals surface area contributed by atoms with Gasteiger partial charge >= 0.3 is 0 Å². The second-order valence-corrected chi connectivity index (χ2v) is 6.17. The first-order valence-corrected chi connectivity index (χ1v) is 7.66. The van der Waals surface area contributed by atoms with Crippen molar-refractivity contribution in [3.05, 3.63) is 29.6 Å². The first-order chi connectivity index (χ1) is 10.2. The van der Waals surface area contributed by atoms with E-state index in [9.17, 15) is 9.90 Å². The molecule has 1 atom stereocenters. The fraction of sp³-hybridized carbons (Fsp3) is 0.625. The van der Waals surface area contributed by atoms with Gasteiger partial charge in [0.1, 0.15) is 0 Å². The molecule has 1 aromatic heterocycles. The molecule has 2 heterocycles. The number of amides is 1. The van der Waals surface area contributed by atoms with Crippen LogP contribution in [0.5, 0.6) is 0 Å². The van der Waals surface area contributed by atoms with Gasteiger partial charge in [0.25, 0.3) is 5.91 Å². The quantitative estimate of drug-likeness (QED) is 0.832. The molecule has 0 bridgehead atoms. The molecule has 0 aromatic carbocycles. The summed E-state index contributed by atoms with van der Waals surface area (Å²) in [4.78, 5) is 16.8. The Bertz CT molecular complexity index is 508. The van der Waals surface area contributed by atoms with Crippen molar-refractivity contribution in [1.82, 2.24) is 10.3 Å². The molecule has 1 saturated heterocycles. The van der Waals surface area contributed by atoms with E-state index >= 15 is 0 Å². The van der Waals surface area contributed by atoms with Crippen molar-refractivity contribution in [1.29, 1.82) is 0 Å². The zero-order valence-electron chi connectivity index (χ0n) is 12.2. The lowest BCUT2D eigenvalue weighted by Crippen LogP contribution is -2.39. The molecule has 0 unspecified atom stereocenters. The molecule has 0 spiro atoms. The van der Waals surface area contributed by atoms with Gasteiger partial charge in [0.15, 0.2) is 0 Å². The van der Waals surface area contributed by atoms with Crippen LogP contribution in [-0.4, -0.2) is 42.4 Å². The van der Waals surface area contributed by atoms with E-state index in [1.165, 1.54) is 0 Å². The van der Waals surface area contributed by atoms with Crippen molar-refractivity contribution in [3.8, 4) is 0 Å². The van der Waals surface area contributed by atoms with Gasteiger partial charge in [-0.25, -0.2) is 0 Å². The van der Waals surface area contributed by atoms with E-state index < -0.39 is 0 Å². The summed E-state index contributed by atoms with van der Waals surface area (Å²) in [7, 11) is 0. The van der Waals surface area contributed by atoms with Crippen LogP contribution >= 0.6 is 0 Å². The molecule has 2 N–H and O–H groups in total. The Morgan fingerprint density at radius 1 is 1.52 bits per heavy atom. The summed E-state index contributed by atoms with van der Waals surface area (Å²) in [6.45, 7) is 1.98. The topological polar surface area (TPSA) is 71.5 Å². The normalized spacial score (nSPS) is 25.0. The second-order valence-electron chi connectivity index (χ2n) is 6.17. The number of nitrogens with zero attached hydrogens (tertiary/aromatic N) is 1. The van der Waals surface area contributed by atoms with Gasteiger partial charge in [-0.15, -0.1) is 0 Å². The van der Waals surface area contributed by atoms with Gasteiger partial charge in [0.05, 0.1) is 17.9 Å². The average molecular weight is 290 g/mol. The van der Waals surface area contributed by atoms with Crippen molar-refractivity contribution in [2.75, 3.05) is 26.4 Å². The van der Waals surface area contributed by atoms with Crippen LogP contribution in [0.1, 0.15) is 47.7 Å². The minimum Gasteiger partial charge on any atom is -0.396 e. The lowest BCUT2D eigenvalue weighted by atomic mass is 9.84. The minimum atomic E-state index is -0.119. The highest BCUT2D eigenvalue weighted by molar-refractivity contribution is 5.95. The number of aliphatic hydroxyl groups is 1. The molecule has 1 aliphatic carbocycles. The Hall–Kier alpha value is -1.46. The third-order valence-corrected chi connectivity index (χ3v) is 4.50. The van der Waals surface area contributed by atoms with Gasteiger partial charge in [-0.1, -0.05) is 0 Å².